The van der Waals surface area contributed by atoms with Crippen LogP contribution in [-0.2, 0) is 5.41 Å². The first kappa shape index (κ1) is 31.6. The fourth-order valence-corrected chi connectivity index (χ4v) is 9.28. The number of furan rings is 1. The number of nitrogens with zero attached hydrogens (tertiary/aromatic N) is 1. The number of fused-ring (bicyclic) bond motifs is 8. The van der Waals surface area contributed by atoms with E-state index in [2.05, 4.69) is 207 Å². The number of rotatable bonds is 5. The molecule has 10 aromatic rings. The van der Waals surface area contributed by atoms with Gasteiger partial charge >= 0.3 is 0 Å². The van der Waals surface area contributed by atoms with Crippen molar-refractivity contribution in [3.63, 3.8) is 0 Å². The first-order valence-electron chi connectivity index (χ1n) is 19.1. The molecule has 1 aromatic heterocycles. The van der Waals surface area contributed by atoms with Gasteiger partial charge in [-0.3, -0.25) is 0 Å². The topological polar surface area (TPSA) is 16.4 Å². The zero-order valence-corrected chi connectivity index (χ0v) is 30.8. The Kier molecular flexibility index (Phi) is 6.93. The number of hydrogen-bond donors (Lipinski definition) is 0. The molecule has 1 aliphatic carbocycles. The Morgan fingerprint density at radius 3 is 1.85 bits per heavy atom. The van der Waals surface area contributed by atoms with E-state index in [0.717, 1.165) is 50.1 Å². The van der Waals surface area contributed by atoms with E-state index in [9.17, 15) is 0 Å². The van der Waals surface area contributed by atoms with Crippen molar-refractivity contribution in [1.29, 1.82) is 0 Å². The summed E-state index contributed by atoms with van der Waals surface area (Å²) in [7, 11) is 0. The molecule has 0 saturated carbocycles. The molecular weight excluding hydrogens is 667 g/mol. The van der Waals surface area contributed by atoms with Gasteiger partial charge in [0.05, 0.1) is 11.4 Å². The first-order valence-corrected chi connectivity index (χ1v) is 19.1. The molecule has 0 aliphatic heterocycles. The molecule has 9 aromatic carbocycles. The molecular formula is C53H37NO. The molecule has 0 fully saturated rings. The Bertz CT molecular complexity index is 3120. The van der Waals surface area contributed by atoms with Crippen LogP contribution in [0.2, 0.25) is 0 Å². The molecule has 1 aliphatic rings. The number of benzene rings is 9. The monoisotopic (exact) mass is 703 g/mol. The van der Waals surface area contributed by atoms with E-state index in [4.69, 9.17) is 4.42 Å². The van der Waals surface area contributed by atoms with Gasteiger partial charge in [-0.15, -0.1) is 0 Å². The third kappa shape index (κ3) is 4.81. The van der Waals surface area contributed by atoms with Crippen molar-refractivity contribution in [2.24, 2.45) is 0 Å². The first-order chi connectivity index (χ1) is 27.0. The van der Waals surface area contributed by atoms with E-state index in [-0.39, 0.29) is 5.41 Å². The summed E-state index contributed by atoms with van der Waals surface area (Å²) in [5.74, 6) is 0. The highest BCUT2D eigenvalue weighted by Gasteiger charge is 2.37. The summed E-state index contributed by atoms with van der Waals surface area (Å²) in [5.41, 5.74) is 15.1. The second-order valence-corrected chi connectivity index (χ2v) is 15.3. The lowest BCUT2D eigenvalue weighted by atomic mass is 9.79. The molecule has 0 amide bonds. The van der Waals surface area contributed by atoms with Crippen molar-refractivity contribution in [3.05, 3.63) is 199 Å². The van der Waals surface area contributed by atoms with Crippen LogP contribution >= 0.6 is 0 Å². The highest BCUT2D eigenvalue weighted by molar-refractivity contribution is 6.14. The number of para-hydroxylation sites is 2. The van der Waals surface area contributed by atoms with Gasteiger partial charge in [-0.05, 0) is 85.9 Å². The Morgan fingerprint density at radius 2 is 1.00 bits per heavy atom. The van der Waals surface area contributed by atoms with Crippen molar-refractivity contribution in [3.8, 4) is 33.4 Å². The second kappa shape index (κ2) is 12.1. The van der Waals surface area contributed by atoms with Crippen molar-refractivity contribution >= 4 is 60.5 Å². The molecule has 260 valence electrons. The smallest absolute Gasteiger partial charge is 0.143 e. The quantitative estimate of drug-likeness (QED) is 0.177. The summed E-state index contributed by atoms with van der Waals surface area (Å²) in [4.78, 5) is 2.42. The van der Waals surface area contributed by atoms with Gasteiger partial charge in [0, 0.05) is 38.4 Å². The van der Waals surface area contributed by atoms with Gasteiger partial charge < -0.3 is 9.32 Å². The summed E-state index contributed by atoms with van der Waals surface area (Å²) in [6.45, 7) is 4.72. The van der Waals surface area contributed by atoms with Crippen molar-refractivity contribution in [1.82, 2.24) is 0 Å². The lowest BCUT2D eigenvalue weighted by Crippen LogP contribution is -2.16. The molecule has 0 radical (unpaired) electrons. The van der Waals surface area contributed by atoms with Crippen LogP contribution in [0.5, 0.6) is 0 Å². The van der Waals surface area contributed by atoms with E-state index in [1.54, 1.807) is 0 Å². The van der Waals surface area contributed by atoms with Gasteiger partial charge in [0.25, 0.3) is 0 Å². The molecule has 55 heavy (non-hydrogen) atoms. The summed E-state index contributed by atoms with van der Waals surface area (Å²) in [6, 6.07) is 68.3. The van der Waals surface area contributed by atoms with Crippen LogP contribution in [-0.4, -0.2) is 0 Å². The van der Waals surface area contributed by atoms with E-state index in [1.807, 2.05) is 0 Å². The predicted molar refractivity (Wildman–Crippen MR) is 232 cm³/mol. The minimum atomic E-state index is -0.0977. The second-order valence-electron chi connectivity index (χ2n) is 15.3. The van der Waals surface area contributed by atoms with Crippen molar-refractivity contribution in [2.45, 2.75) is 19.3 Å². The lowest BCUT2D eigenvalue weighted by Gasteiger charge is -2.29. The number of anilines is 3. The maximum atomic E-state index is 6.79. The summed E-state index contributed by atoms with van der Waals surface area (Å²) in [5, 5.41) is 7.03. The van der Waals surface area contributed by atoms with Gasteiger partial charge in [0.15, 0.2) is 0 Å². The Labute approximate surface area is 320 Å². The van der Waals surface area contributed by atoms with E-state index in [1.165, 1.54) is 54.9 Å². The molecule has 0 spiro atoms. The van der Waals surface area contributed by atoms with Gasteiger partial charge in [0.2, 0.25) is 0 Å². The molecule has 11 rings (SSSR count). The van der Waals surface area contributed by atoms with Crippen LogP contribution in [0.4, 0.5) is 17.1 Å². The Hall–Kier alpha value is -6.90. The summed E-state index contributed by atoms with van der Waals surface area (Å²) >= 11 is 0. The van der Waals surface area contributed by atoms with Gasteiger partial charge in [-0.2, -0.15) is 0 Å². The minimum Gasteiger partial charge on any atom is -0.455 e. The van der Waals surface area contributed by atoms with E-state index in [0.29, 0.717) is 0 Å². The molecule has 0 unspecified atom stereocenters. The van der Waals surface area contributed by atoms with Crippen LogP contribution in [0.1, 0.15) is 25.0 Å². The summed E-state index contributed by atoms with van der Waals surface area (Å²) in [6.07, 6.45) is 0. The van der Waals surface area contributed by atoms with Crippen LogP contribution in [0.25, 0.3) is 76.9 Å². The van der Waals surface area contributed by atoms with Crippen LogP contribution in [0, 0.1) is 0 Å². The van der Waals surface area contributed by atoms with Crippen LogP contribution < -0.4 is 4.90 Å². The molecule has 0 atom stereocenters. The normalized spacial score (nSPS) is 13.1. The van der Waals surface area contributed by atoms with Gasteiger partial charge in [0.1, 0.15) is 11.2 Å². The minimum absolute atomic E-state index is 0.0977. The van der Waals surface area contributed by atoms with Crippen molar-refractivity contribution in [2.75, 3.05) is 4.90 Å². The highest BCUT2D eigenvalue weighted by Crippen LogP contribution is 2.52. The standard InChI is InChI=1S/C53H37NO/c1-53(2)47-25-9-7-19-41(47)43-22-12-21-40(51(43)53)35-28-30-38(31-29-35)54(48-27-11-17-34-14-5-6-18-39(34)48)49-26-10-8-20-42(49)44-23-13-24-45-46-32-36-15-3-4-16-37(36)33-50(46)55-52(44)45/h3-33H,1-2H3. The maximum Gasteiger partial charge on any atom is 0.143 e. The largest absolute Gasteiger partial charge is 0.455 e. The summed E-state index contributed by atoms with van der Waals surface area (Å²) < 4.78 is 6.79. The zero-order valence-electron chi connectivity index (χ0n) is 30.8. The highest BCUT2D eigenvalue weighted by atomic mass is 16.3. The molecule has 0 saturated heterocycles. The SMILES string of the molecule is CC1(C)c2ccccc2-c2cccc(-c3ccc(N(c4ccccc4-c4cccc5c4oc4cc6ccccc6cc45)c4cccc5ccccc45)cc3)c21. The molecule has 1 heterocycles. The van der Waals surface area contributed by atoms with Crippen LogP contribution in [0.3, 0.4) is 0 Å². The lowest BCUT2D eigenvalue weighted by molar-refractivity contribution is 0.662. The average Bonchev–Trinajstić information content (AvgIpc) is 3.72. The van der Waals surface area contributed by atoms with Gasteiger partial charge in [-0.25, -0.2) is 0 Å². The number of hydrogen-bond acceptors (Lipinski definition) is 2. The third-order valence-electron chi connectivity index (χ3n) is 11.8. The molecule has 0 N–H and O–H groups in total. The fraction of sp³-hybridized carbons (Fsp3) is 0.0566. The Balaban J connectivity index is 1.10. The molecule has 2 heteroatoms. The third-order valence-corrected chi connectivity index (χ3v) is 11.8. The predicted octanol–water partition coefficient (Wildman–Crippen LogP) is 15.0. The zero-order chi connectivity index (χ0) is 36.7. The van der Waals surface area contributed by atoms with E-state index < -0.39 is 0 Å². The van der Waals surface area contributed by atoms with Crippen LogP contribution in [0.15, 0.2) is 192 Å². The van der Waals surface area contributed by atoms with Crippen molar-refractivity contribution < 1.29 is 4.42 Å². The maximum absolute atomic E-state index is 6.79. The van der Waals surface area contributed by atoms with E-state index >= 15 is 0 Å². The average molecular weight is 704 g/mol. The fourth-order valence-electron chi connectivity index (χ4n) is 9.28. The van der Waals surface area contributed by atoms with Gasteiger partial charge in [-0.1, -0.05) is 166 Å². The Morgan fingerprint density at radius 1 is 0.418 bits per heavy atom. The molecule has 0 bridgehead atoms. The molecule has 2 nitrogen and oxygen atoms in total.